The molecule has 0 aliphatic rings. The van der Waals surface area contributed by atoms with E-state index < -0.39 is 0 Å². The van der Waals surface area contributed by atoms with E-state index in [1.807, 2.05) is 42.5 Å². The van der Waals surface area contributed by atoms with Gasteiger partial charge in [0, 0.05) is 36.4 Å². The smallest absolute Gasteiger partial charge is 0.254 e. The number of nitrogens with zero attached hydrogens (tertiary/aromatic N) is 4. The van der Waals surface area contributed by atoms with Gasteiger partial charge in [-0.15, -0.1) is 10.2 Å². The summed E-state index contributed by atoms with van der Waals surface area (Å²) < 4.78 is 1.73. The molecule has 2 N–H and O–H groups in total. The van der Waals surface area contributed by atoms with E-state index in [-0.39, 0.29) is 30.0 Å². The molecule has 1 heterocycles. The molecule has 0 bridgehead atoms. The number of hydrogen-bond acceptors (Lipinski definition) is 6. The molecule has 9 nitrogen and oxygen atoms in total. The first-order valence-electron chi connectivity index (χ1n) is 10.8. The number of aromatic nitrogens is 3. The Labute approximate surface area is 206 Å². The zero-order valence-electron chi connectivity index (χ0n) is 19.3. The van der Waals surface area contributed by atoms with Gasteiger partial charge in [-0.2, -0.15) is 0 Å². The van der Waals surface area contributed by atoms with Gasteiger partial charge in [-0.25, -0.2) is 0 Å². The highest BCUT2D eigenvalue weighted by Crippen LogP contribution is 2.23. The lowest BCUT2D eigenvalue weighted by atomic mass is 10.1. The molecule has 178 valence electrons. The number of nitrogens with one attached hydrogen (secondary N) is 2. The van der Waals surface area contributed by atoms with Crippen LogP contribution in [0.3, 0.4) is 0 Å². The summed E-state index contributed by atoms with van der Waals surface area (Å²) in [6, 6.07) is 20.0. The van der Waals surface area contributed by atoms with Crippen LogP contribution >= 0.6 is 11.8 Å². The van der Waals surface area contributed by atoms with Crippen LogP contribution < -0.4 is 10.6 Å². The second-order valence-electron chi connectivity index (χ2n) is 7.87. The van der Waals surface area contributed by atoms with Crippen molar-refractivity contribution in [1.29, 1.82) is 0 Å². The molecule has 0 radical (unpaired) electrons. The molecular weight excluding hydrogens is 464 g/mol. The zero-order chi connectivity index (χ0) is 24.8. The first kappa shape index (κ1) is 24.0. The predicted octanol–water partition coefficient (Wildman–Crippen LogP) is 3.41. The van der Waals surface area contributed by atoms with E-state index in [4.69, 9.17) is 0 Å². The number of amides is 3. The van der Waals surface area contributed by atoms with Crippen molar-refractivity contribution in [2.24, 2.45) is 7.05 Å². The van der Waals surface area contributed by atoms with Gasteiger partial charge >= 0.3 is 0 Å². The molecule has 3 aromatic carbocycles. The number of thioether (sulfide) groups is 1. The number of benzene rings is 3. The van der Waals surface area contributed by atoms with E-state index in [0.29, 0.717) is 22.1 Å². The van der Waals surface area contributed by atoms with Crippen LogP contribution in [0.15, 0.2) is 78.2 Å². The topological polar surface area (TPSA) is 109 Å². The lowest BCUT2D eigenvalue weighted by Gasteiger charge is -2.17. The molecule has 0 unspecified atom stereocenters. The molecule has 0 atom stereocenters. The van der Waals surface area contributed by atoms with Crippen LogP contribution in [0, 0.1) is 0 Å². The van der Waals surface area contributed by atoms with Crippen molar-refractivity contribution in [3.05, 3.63) is 78.6 Å². The first-order chi connectivity index (χ1) is 16.9. The van der Waals surface area contributed by atoms with Crippen LogP contribution in [-0.4, -0.2) is 56.7 Å². The van der Waals surface area contributed by atoms with Crippen LogP contribution in [0.5, 0.6) is 0 Å². The van der Waals surface area contributed by atoms with E-state index in [1.165, 1.54) is 16.7 Å². The highest BCUT2D eigenvalue weighted by molar-refractivity contribution is 7.99. The largest absolute Gasteiger partial charge is 0.332 e. The van der Waals surface area contributed by atoms with Crippen LogP contribution in [0.1, 0.15) is 10.4 Å². The number of aryl methyl sites for hydroxylation is 1. The molecule has 0 saturated heterocycles. The van der Waals surface area contributed by atoms with Gasteiger partial charge in [-0.3, -0.25) is 14.4 Å². The van der Waals surface area contributed by atoms with Gasteiger partial charge < -0.3 is 20.1 Å². The fourth-order valence-corrected chi connectivity index (χ4v) is 4.15. The van der Waals surface area contributed by atoms with Gasteiger partial charge in [0.1, 0.15) is 6.33 Å². The van der Waals surface area contributed by atoms with Crippen molar-refractivity contribution in [2.45, 2.75) is 5.16 Å². The van der Waals surface area contributed by atoms with Gasteiger partial charge in [0.25, 0.3) is 5.91 Å². The summed E-state index contributed by atoms with van der Waals surface area (Å²) in [5.41, 5.74) is 1.68. The van der Waals surface area contributed by atoms with E-state index in [1.54, 1.807) is 49.3 Å². The maximum absolute atomic E-state index is 12.8. The molecule has 0 aliphatic heterocycles. The van der Waals surface area contributed by atoms with E-state index in [9.17, 15) is 14.4 Å². The third-order valence-corrected chi connectivity index (χ3v) is 6.24. The third kappa shape index (κ3) is 6.04. The minimum Gasteiger partial charge on any atom is -0.332 e. The lowest BCUT2D eigenvalue weighted by Crippen LogP contribution is -2.35. The highest BCUT2D eigenvalue weighted by atomic mass is 32.2. The Morgan fingerprint density at radius 2 is 1.69 bits per heavy atom. The second-order valence-corrected chi connectivity index (χ2v) is 8.82. The number of anilines is 2. The fraction of sp³-hybridized carbons (Fsp3) is 0.160. The van der Waals surface area contributed by atoms with Crippen molar-refractivity contribution in [3.8, 4) is 0 Å². The summed E-state index contributed by atoms with van der Waals surface area (Å²) in [6.07, 6.45) is 1.57. The van der Waals surface area contributed by atoms with Gasteiger partial charge in [0.15, 0.2) is 5.16 Å². The van der Waals surface area contributed by atoms with Gasteiger partial charge in [0.2, 0.25) is 11.8 Å². The summed E-state index contributed by atoms with van der Waals surface area (Å²) in [7, 11) is 3.38. The van der Waals surface area contributed by atoms with E-state index in [0.717, 1.165) is 10.8 Å². The van der Waals surface area contributed by atoms with Crippen molar-refractivity contribution in [2.75, 3.05) is 30.0 Å². The minimum absolute atomic E-state index is 0.0974. The first-order valence-corrected chi connectivity index (χ1v) is 11.8. The van der Waals surface area contributed by atoms with Gasteiger partial charge in [-0.05, 0) is 35.7 Å². The average molecular weight is 489 g/mol. The third-order valence-electron chi connectivity index (χ3n) is 5.21. The van der Waals surface area contributed by atoms with Crippen LogP contribution in [0.25, 0.3) is 10.8 Å². The van der Waals surface area contributed by atoms with Gasteiger partial charge in [-0.1, -0.05) is 48.2 Å². The average Bonchev–Trinajstić information content (AvgIpc) is 3.27. The van der Waals surface area contributed by atoms with E-state index in [2.05, 4.69) is 20.8 Å². The molecule has 1 aromatic heterocycles. The molecule has 35 heavy (non-hydrogen) atoms. The predicted molar refractivity (Wildman–Crippen MR) is 136 cm³/mol. The number of hydrogen-bond donors (Lipinski definition) is 2. The number of carbonyl (C=O) groups excluding carboxylic acids is 3. The Morgan fingerprint density at radius 3 is 2.43 bits per heavy atom. The Hall–Kier alpha value is -4.18. The number of carbonyl (C=O) groups is 3. The second kappa shape index (κ2) is 10.8. The van der Waals surface area contributed by atoms with Crippen LogP contribution in [0.2, 0.25) is 0 Å². The normalized spacial score (nSPS) is 10.7. The fourth-order valence-electron chi connectivity index (χ4n) is 3.46. The quantitative estimate of drug-likeness (QED) is 0.368. The van der Waals surface area contributed by atoms with Crippen molar-refractivity contribution in [1.82, 2.24) is 19.7 Å². The summed E-state index contributed by atoms with van der Waals surface area (Å²) in [5.74, 6) is -0.600. The number of fused-ring (bicyclic) bond motifs is 1. The van der Waals surface area contributed by atoms with Crippen LogP contribution in [-0.2, 0) is 16.6 Å². The van der Waals surface area contributed by atoms with Gasteiger partial charge in [0.05, 0.1) is 12.3 Å². The molecule has 0 saturated carbocycles. The Kier molecular flexibility index (Phi) is 7.41. The molecule has 3 amide bonds. The SMILES string of the molecule is CN(CC(=O)Nc1cccc2ccccc12)C(=O)c1ccc(NC(=O)CSc2nncn2C)cc1. The summed E-state index contributed by atoms with van der Waals surface area (Å²) in [5, 5.41) is 16.0. The Morgan fingerprint density at radius 1 is 0.943 bits per heavy atom. The molecule has 0 aliphatic carbocycles. The molecular formula is C25H24N6O3S. The lowest BCUT2D eigenvalue weighted by molar-refractivity contribution is -0.116. The van der Waals surface area contributed by atoms with Crippen molar-refractivity contribution in [3.63, 3.8) is 0 Å². The molecule has 0 fully saturated rings. The van der Waals surface area contributed by atoms with Crippen molar-refractivity contribution >= 4 is 51.6 Å². The zero-order valence-corrected chi connectivity index (χ0v) is 20.1. The Bertz CT molecular complexity index is 1360. The Balaban J connectivity index is 1.30. The summed E-state index contributed by atoms with van der Waals surface area (Å²) in [6.45, 7) is -0.0974. The van der Waals surface area contributed by atoms with Crippen LogP contribution in [0.4, 0.5) is 11.4 Å². The molecule has 4 rings (SSSR count). The number of likely N-dealkylation sites (N-methyl/N-ethyl adjacent to an activating group) is 1. The summed E-state index contributed by atoms with van der Waals surface area (Å²) >= 11 is 1.28. The standard InChI is InChI=1S/C25H24N6O3S/c1-30(14-22(32)28-21-9-5-7-17-6-3-4-8-20(17)21)24(34)18-10-12-19(13-11-18)27-23(33)15-35-25-29-26-16-31(25)2/h3-13,16H,14-15H2,1-2H3,(H,27,33)(H,28,32). The monoisotopic (exact) mass is 488 g/mol. The minimum atomic E-state index is -0.297. The molecule has 0 spiro atoms. The molecule has 10 heteroatoms. The summed E-state index contributed by atoms with van der Waals surface area (Å²) in [4.78, 5) is 38.9. The highest BCUT2D eigenvalue weighted by Gasteiger charge is 2.16. The van der Waals surface area contributed by atoms with E-state index >= 15 is 0 Å². The maximum atomic E-state index is 12.8. The number of rotatable bonds is 8. The molecule has 4 aromatic rings. The van der Waals surface area contributed by atoms with Crippen molar-refractivity contribution < 1.29 is 14.4 Å². The maximum Gasteiger partial charge on any atom is 0.254 e.